The van der Waals surface area contributed by atoms with Crippen LogP contribution in [0.25, 0.3) is 0 Å². The van der Waals surface area contributed by atoms with Crippen LogP contribution >= 0.6 is 0 Å². The van der Waals surface area contributed by atoms with Gasteiger partial charge in [-0.1, -0.05) is 0 Å². The number of ketones is 1. The Balaban J connectivity index is 1.99. The highest BCUT2D eigenvalue weighted by molar-refractivity contribution is 5.82. The summed E-state index contributed by atoms with van der Waals surface area (Å²) in [5.41, 5.74) is 0. The van der Waals surface area contributed by atoms with Gasteiger partial charge in [0.1, 0.15) is 12.1 Å². The fraction of sp³-hybridized carbons (Fsp3) is 0.818. The van der Waals surface area contributed by atoms with Gasteiger partial charge in [0.2, 0.25) is 6.29 Å². The molecule has 3 aliphatic rings. The predicted molar refractivity (Wildman–Crippen MR) is 52.1 cm³/mol. The monoisotopic (exact) mass is 242 g/mol. The largest absolute Gasteiger partial charge is 0.329 e. The van der Waals surface area contributed by atoms with Crippen LogP contribution < -0.4 is 0 Å². The van der Waals surface area contributed by atoms with E-state index in [0.717, 1.165) is 6.29 Å². The van der Waals surface area contributed by atoms with Crippen LogP contribution in [0.3, 0.4) is 0 Å². The number of aldehydes is 1. The van der Waals surface area contributed by atoms with E-state index in [2.05, 4.69) is 0 Å². The maximum absolute atomic E-state index is 11.7. The molecule has 2 saturated heterocycles. The second-order valence-electron chi connectivity index (χ2n) is 4.84. The highest BCUT2D eigenvalue weighted by atomic mass is 17.3. The Hall–Kier alpha value is -0.820. The number of ether oxygens (including phenoxy) is 2. The van der Waals surface area contributed by atoms with Crippen LogP contribution in [0.4, 0.5) is 0 Å². The Labute approximate surface area is 98.1 Å². The van der Waals surface area contributed by atoms with E-state index in [0.29, 0.717) is 6.42 Å². The summed E-state index contributed by atoms with van der Waals surface area (Å²) in [5.74, 6) is -2.35. The van der Waals surface area contributed by atoms with Crippen molar-refractivity contribution in [2.45, 2.75) is 25.6 Å². The second kappa shape index (κ2) is 3.58. The molecule has 0 unspecified atom stereocenters. The van der Waals surface area contributed by atoms with Gasteiger partial charge >= 0.3 is 5.97 Å². The molecule has 0 N–H and O–H groups in total. The molecule has 0 amide bonds. The van der Waals surface area contributed by atoms with E-state index in [1.54, 1.807) is 0 Å². The second-order valence-corrected chi connectivity index (χ2v) is 4.84. The molecule has 2 heterocycles. The number of hydrogen-bond donors (Lipinski definition) is 0. The molecule has 0 aromatic rings. The summed E-state index contributed by atoms with van der Waals surface area (Å²) >= 11 is 0. The summed E-state index contributed by atoms with van der Waals surface area (Å²) in [4.78, 5) is 32.9. The van der Waals surface area contributed by atoms with Crippen molar-refractivity contribution >= 4 is 12.1 Å². The number of rotatable bonds is 3. The van der Waals surface area contributed by atoms with Gasteiger partial charge in [0.25, 0.3) is 0 Å². The SMILES string of the molecule is CO[C@@]12OO[C@@H](O1)[C@@H]1C[C@H](C=O)[C@H](C(C)=O)[C@@H]12. The third-order valence-corrected chi connectivity index (χ3v) is 4.08. The minimum atomic E-state index is -1.32. The normalized spacial score (nSPS) is 51.5. The molecule has 3 rings (SSSR count). The maximum atomic E-state index is 11.7. The predicted octanol–water partition coefficient (Wildman–Crippen LogP) is 0.261. The summed E-state index contributed by atoms with van der Waals surface area (Å²) in [7, 11) is 1.44. The third-order valence-electron chi connectivity index (χ3n) is 4.08. The fourth-order valence-electron chi connectivity index (χ4n) is 3.42. The van der Waals surface area contributed by atoms with Crippen molar-refractivity contribution in [1.29, 1.82) is 0 Å². The van der Waals surface area contributed by atoms with Gasteiger partial charge in [-0.05, 0) is 13.3 Å². The van der Waals surface area contributed by atoms with E-state index in [1.165, 1.54) is 14.0 Å². The quantitative estimate of drug-likeness (QED) is 0.522. The Morgan fingerprint density at radius 1 is 1.53 bits per heavy atom. The molecule has 0 aromatic heterocycles. The van der Waals surface area contributed by atoms with Crippen LogP contribution in [0.1, 0.15) is 13.3 Å². The van der Waals surface area contributed by atoms with Crippen LogP contribution in [0.15, 0.2) is 0 Å². The highest BCUT2D eigenvalue weighted by Crippen LogP contribution is 2.59. The van der Waals surface area contributed by atoms with Crippen molar-refractivity contribution in [3.05, 3.63) is 0 Å². The van der Waals surface area contributed by atoms with Gasteiger partial charge in [-0.25, -0.2) is 0 Å². The van der Waals surface area contributed by atoms with E-state index >= 15 is 0 Å². The van der Waals surface area contributed by atoms with Crippen molar-refractivity contribution < 1.29 is 28.8 Å². The van der Waals surface area contributed by atoms with Gasteiger partial charge in [-0.3, -0.25) is 9.53 Å². The lowest BCUT2D eigenvalue weighted by atomic mass is 9.83. The average molecular weight is 242 g/mol. The molecular weight excluding hydrogens is 228 g/mol. The zero-order chi connectivity index (χ0) is 12.2. The van der Waals surface area contributed by atoms with Crippen molar-refractivity contribution in [2.24, 2.45) is 23.7 Å². The van der Waals surface area contributed by atoms with Crippen molar-refractivity contribution in [1.82, 2.24) is 0 Å². The van der Waals surface area contributed by atoms with E-state index < -0.39 is 18.2 Å². The molecule has 6 heteroatoms. The summed E-state index contributed by atoms with van der Waals surface area (Å²) in [6, 6.07) is 0. The molecular formula is C11H14O6. The Morgan fingerprint density at radius 2 is 2.29 bits per heavy atom. The van der Waals surface area contributed by atoms with E-state index in [-0.39, 0.29) is 23.5 Å². The molecule has 17 heavy (non-hydrogen) atoms. The molecule has 0 aromatic carbocycles. The van der Waals surface area contributed by atoms with Gasteiger partial charge in [-0.2, -0.15) is 9.78 Å². The van der Waals surface area contributed by atoms with E-state index in [1.807, 2.05) is 0 Å². The number of carbonyl (C=O) groups is 2. The first-order valence-electron chi connectivity index (χ1n) is 5.66. The van der Waals surface area contributed by atoms with Gasteiger partial charge in [0.05, 0.1) is 5.92 Å². The third kappa shape index (κ3) is 1.29. The molecule has 2 bridgehead atoms. The van der Waals surface area contributed by atoms with Gasteiger partial charge in [-0.15, -0.1) is 0 Å². The van der Waals surface area contributed by atoms with Crippen LogP contribution in [0.5, 0.6) is 0 Å². The van der Waals surface area contributed by atoms with Gasteiger partial charge < -0.3 is 9.53 Å². The maximum Gasteiger partial charge on any atom is 0.318 e. The molecule has 6 atom stereocenters. The lowest BCUT2D eigenvalue weighted by Crippen LogP contribution is -2.45. The summed E-state index contributed by atoms with van der Waals surface area (Å²) < 4.78 is 10.8. The highest BCUT2D eigenvalue weighted by Gasteiger charge is 2.71. The minimum Gasteiger partial charge on any atom is -0.329 e. The zero-order valence-electron chi connectivity index (χ0n) is 9.62. The minimum absolute atomic E-state index is 0.0206. The van der Waals surface area contributed by atoms with Crippen molar-refractivity contribution in [2.75, 3.05) is 7.11 Å². The lowest BCUT2D eigenvalue weighted by Gasteiger charge is -2.31. The molecule has 6 nitrogen and oxygen atoms in total. The summed E-state index contributed by atoms with van der Waals surface area (Å²) in [6.45, 7) is 1.49. The summed E-state index contributed by atoms with van der Waals surface area (Å²) in [6.07, 6.45) is 0.886. The van der Waals surface area contributed by atoms with Crippen LogP contribution in [0.2, 0.25) is 0 Å². The van der Waals surface area contributed by atoms with Crippen LogP contribution in [0, 0.1) is 23.7 Å². The summed E-state index contributed by atoms with van der Waals surface area (Å²) in [5, 5.41) is 0. The smallest absolute Gasteiger partial charge is 0.318 e. The first kappa shape index (κ1) is 11.3. The molecule has 94 valence electrons. The molecule has 0 spiro atoms. The standard InChI is InChI=1S/C11H14O6/c1-5(13)8-6(4-12)3-7-9(8)11(14-2)15-10(7)16-17-11/h4,6-10H,3H2,1-2H3/t6-,7-,8+,9-,10-,11-/m1/s1. The zero-order valence-corrected chi connectivity index (χ0v) is 9.62. The lowest BCUT2D eigenvalue weighted by molar-refractivity contribution is -0.445. The number of fused-ring (bicyclic) bond motifs is 5. The molecule has 0 radical (unpaired) electrons. The Bertz CT molecular complexity index is 369. The first-order chi connectivity index (χ1) is 8.13. The first-order valence-corrected chi connectivity index (χ1v) is 5.66. The number of carbonyl (C=O) groups excluding carboxylic acids is 2. The Morgan fingerprint density at radius 3 is 2.88 bits per heavy atom. The Kier molecular flexibility index (Phi) is 2.38. The van der Waals surface area contributed by atoms with E-state index in [4.69, 9.17) is 19.2 Å². The fourth-order valence-corrected chi connectivity index (χ4v) is 3.42. The molecule has 3 fully saturated rings. The number of Topliss-reactive ketones (excluding diaryl/α,β-unsaturated/α-hetero) is 1. The molecule has 2 aliphatic heterocycles. The molecule has 1 saturated carbocycles. The van der Waals surface area contributed by atoms with Crippen molar-refractivity contribution in [3.8, 4) is 0 Å². The number of hydrogen-bond acceptors (Lipinski definition) is 6. The molecule has 1 aliphatic carbocycles. The van der Waals surface area contributed by atoms with Gasteiger partial charge in [0, 0.05) is 24.9 Å². The van der Waals surface area contributed by atoms with Gasteiger partial charge in [0.15, 0.2) is 0 Å². The van der Waals surface area contributed by atoms with E-state index in [9.17, 15) is 9.59 Å². The average Bonchev–Trinajstić information content (AvgIpc) is 2.97. The van der Waals surface area contributed by atoms with Crippen LogP contribution in [-0.4, -0.2) is 31.4 Å². The topological polar surface area (TPSA) is 71.1 Å². The number of methoxy groups -OCH3 is 1. The van der Waals surface area contributed by atoms with Crippen LogP contribution in [-0.2, 0) is 28.8 Å². The van der Waals surface area contributed by atoms with Crippen molar-refractivity contribution in [3.63, 3.8) is 0 Å².